The fourth-order valence-electron chi connectivity index (χ4n) is 5.26. The maximum Gasteiger partial charge on any atom is 2.00 e. The summed E-state index contributed by atoms with van der Waals surface area (Å²) in [5.74, 6) is 0.0000491. The topological polar surface area (TPSA) is 20.3 Å². The number of amides is 1. The number of hydrogen-bond donors (Lipinski definition) is 0. The van der Waals surface area contributed by atoms with Gasteiger partial charge in [-0.1, -0.05) is 152 Å². The number of carbonyl (C=O) groups excluding carboxylic acids is 1. The predicted octanol–water partition coefficient (Wildman–Crippen LogP) is 10.2. The van der Waals surface area contributed by atoms with E-state index >= 15 is 0 Å². The minimum atomic E-state index is -6.00. The fourth-order valence-corrected chi connectivity index (χ4v) is 10.2. The normalized spacial score (nSPS) is 10.5. The van der Waals surface area contributed by atoms with E-state index in [2.05, 4.69) is 121 Å². The molecule has 0 fully saturated rings. The molecule has 52 heavy (non-hydrogen) atoms. The summed E-state index contributed by atoms with van der Waals surface area (Å²) in [7, 11) is -6.62. The third kappa shape index (κ3) is 15.3. The summed E-state index contributed by atoms with van der Waals surface area (Å²) < 4.78 is 39.0. The maximum absolute atomic E-state index is 11.6. The Morgan fingerprint density at radius 3 is 1.08 bits per heavy atom. The van der Waals surface area contributed by atoms with Crippen LogP contribution in [0.2, 0.25) is 0 Å². The van der Waals surface area contributed by atoms with Gasteiger partial charge in [0.1, 0.15) is 0 Å². The number of hydrogen-bond acceptors (Lipinski definition) is 1. The van der Waals surface area contributed by atoms with Crippen molar-refractivity contribution in [3.63, 3.8) is 0 Å². The molecule has 0 atom stereocenters. The van der Waals surface area contributed by atoms with Gasteiger partial charge in [0.2, 0.25) is 5.91 Å². The monoisotopic (exact) mass is 829 g/mol. The van der Waals surface area contributed by atoms with Gasteiger partial charge in [0.25, 0.3) is 0 Å². The molecule has 0 unspecified atom stereocenters. The van der Waals surface area contributed by atoms with Crippen LogP contribution in [0.15, 0.2) is 182 Å². The molecule has 2 nitrogen and oxygen atoms in total. The van der Waals surface area contributed by atoms with Crippen LogP contribution in [0.5, 0.6) is 0 Å². The van der Waals surface area contributed by atoms with Gasteiger partial charge in [-0.3, -0.25) is 4.79 Å². The number of carbonyl (C=O) groups is 1. The van der Waals surface area contributed by atoms with Crippen LogP contribution in [0.4, 0.5) is 23.0 Å². The molecule has 0 aliphatic rings. The van der Waals surface area contributed by atoms with Crippen LogP contribution in [-0.4, -0.2) is 25.5 Å². The first-order chi connectivity index (χ1) is 24.7. The molecule has 0 saturated heterocycles. The molecule has 6 rings (SSSR count). The number of rotatable bonds is 11. The van der Waals surface area contributed by atoms with Gasteiger partial charge in [-0.15, -0.1) is 12.1 Å². The molecule has 1 amide bonds. The van der Waals surface area contributed by atoms with E-state index in [1.165, 1.54) is 40.0 Å². The van der Waals surface area contributed by atoms with Gasteiger partial charge >= 0.3 is 27.7 Å². The molecule has 6 aromatic rings. The first-order valence-corrected chi connectivity index (χ1v) is 19.6. The Labute approximate surface area is 321 Å². The molecule has 0 bridgehead atoms. The van der Waals surface area contributed by atoms with Gasteiger partial charge in [0, 0.05) is 12.6 Å². The van der Waals surface area contributed by atoms with E-state index in [0.717, 1.165) is 11.3 Å². The van der Waals surface area contributed by atoms with Crippen LogP contribution < -0.4 is 26.1 Å². The van der Waals surface area contributed by atoms with Gasteiger partial charge in [-0.05, 0) is 67.9 Å². The van der Waals surface area contributed by atoms with Crippen LogP contribution >= 0.6 is 15.8 Å². The summed E-state index contributed by atoms with van der Waals surface area (Å²) >= 11 is 0. The van der Waals surface area contributed by atoms with Crippen molar-refractivity contribution < 1.29 is 42.5 Å². The Morgan fingerprint density at radius 1 is 0.519 bits per heavy atom. The summed E-state index contributed by atoms with van der Waals surface area (Å²) in [6, 6.07) is 63.7. The Kier molecular flexibility index (Phi) is 18.6. The van der Waals surface area contributed by atoms with Gasteiger partial charge < -0.3 is 22.2 Å². The number of benzene rings is 6. The van der Waals surface area contributed by atoms with E-state index in [4.69, 9.17) is 0 Å². The standard InChI is InChI=1S/C27H26P2.C15H14NO.BF4.Pd/c1-5-14-24(15-6-1)28(25-16-7-2-8-17-25)22-13-23-29(26-18-9-3-10-19-26)27-20-11-4-12-21-27;1-13(17)16(15-10-6-3-7-11-15)12-14-8-4-2-5-9-14;2-1(3,4)5;/h1-12,14-21H,13,22-23H2;2-12H,1H3;;/q;2*-1;+2. The first-order valence-electron chi connectivity index (χ1n) is 16.6. The van der Waals surface area contributed by atoms with Crippen molar-refractivity contribution in [1.82, 2.24) is 0 Å². The average Bonchev–Trinajstić information content (AvgIpc) is 3.16. The number of halogens is 4. The zero-order valence-electron chi connectivity index (χ0n) is 28.7. The molecule has 0 aromatic heterocycles. The van der Waals surface area contributed by atoms with E-state index in [1.54, 1.807) is 11.8 Å². The van der Waals surface area contributed by atoms with Crippen molar-refractivity contribution in [3.8, 4) is 0 Å². The van der Waals surface area contributed by atoms with Crippen LogP contribution in [0.1, 0.15) is 18.9 Å². The molecule has 0 saturated carbocycles. The Bertz CT molecular complexity index is 1660. The molecule has 0 radical (unpaired) electrons. The quantitative estimate of drug-likeness (QED) is 0.0552. The van der Waals surface area contributed by atoms with Crippen LogP contribution in [-0.2, 0) is 25.2 Å². The van der Waals surface area contributed by atoms with Crippen molar-refractivity contribution in [2.24, 2.45) is 0 Å². The largest absolute Gasteiger partial charge is 2.00 e. The second-order valence-corrected chi connectivity index (χ2v) is 15.9. The van der Waals surface area contributed by atoms with Gasteiger partial charge in [-0.2, -0.15) is 17.7 Å². The SMILES string of the molecule is CC(=O)N([CH-]c1ccccc1)c1ccccc1.F[B-](F)(F)F.[Pd+2].c1ccc(P(CCCP(c2ccccc2)c2ccccc2)c2ccccc2)cc1. The third-order valence-corrected chi connectivity index (χ3v) is 12.7. The smallest absolute Gasteiger partial charge is 0.418 e. The number of nitrogens with zero attached hydrogens (tertiary/aromatic N) is 1. The number of para-hydroxylation sites is 1. The molecule has 0 aliphatic heterocycles. The van der Waals surface area contributed by atoms with Gasteiger partial charge in [0.15, 0.2) is 0 Å². The second-order valence-electron chi connectivity index (χ2n) is 11.3. The molecule has 0 N–H and O–H groups in total. The summed E-state index contributed by atoms with van der Waals surface area (Å²) in [5.41, 5.74) is 1.88. The van der Waals surface area contributed by atoms with E-state index in [0.29, 0.717) is 0 Å². The summed E-state index contributed by atoms with van der Waals surface area (Å²) in [6.07, 6.45) is 3.72. The van der Waals surface area contributed by atoms with Gasteiger partial charge in [-0.25, -0.2) is 0 Å². The Hall–Kier alpha value is -4.03. The molecule has 0 heterocycles. The zero-order valence-corrected chi connectivity index (χ0v) is 32.0. The number of anilines is 1. The first kappa shape index (κ1) is 42.4. The fraction of sp³-hybridized carbons (Fsp3) is 0.0952. The predicted molar refractivity (Wildman–Crippen MR) is 212 cm³/mol. The van der Waals surface area contributed by atoms with E-state index in [-0.39, 0.29) is 42.2 Å². The van der Waals surface area contributed by atoms with Crippen molar-refractivity contribution in [1.29, 1.82) is 0 Å². The summed E-state index contributed by atoms with van der Waals surface area (Å²) in [4.78, 5) is 13.3. The van der Waals surface area contributed by atoms with Crippen molar-refractivity contribution in [2.45, 2.75) is 13.3 Å². The second kappa shape index (κ2) is 22.8. The molecular weight excluding hydrogens is 790 g/mol. The Morgan fingerprint density at radius 2 is 0.788 bits per heavy atom. The van der Waals surface area contributed by atoms with E-state index < -0.39 is 7.25 Å². The minimum Gasteiger partial charge on any atom is -0.418 e. The van der Waals surface area contributed by atoms with E-state index in [9.17, 15) is 22.1 Å². The minimum absolute atomic E-state index is 0. The van der Waals surface area contributed by atoms with Crippen LogP contribution in [0, 0.1) is 6.54 Å². The summed E-state index contributed by atoms with van der Waals surface area (Å²) in [6.45, 7) is 3.41. The zero-order chi connectivity index (χ0) is 36.3. The van der Waals surface area contributed by atoms with Crippen molar-refractivity contribution in [3.05, 3.63) is 194 Å². The molecule has 270 valence electrons. The summed E-state index contributed by atoms with van der Waals surface area (Å²) in [5, 5.41) is 5.94. The van der Waals surface area contributed by atoms with Crippen molar-refractivity contribution >= 4 is 55.9 Å². The maximum atomic E-state index is 11.6. The third-order valence-electron chi connectivity index (χ3n) is 7.49. The van der Waals surface area contributed by atoms with Crippen LogP contribution in [0.3, 0.4) is 0 Å². The molecule has 0 aliphatic carbocycles. The molecule has 6 aromatic carbocycles. The van der Waals surface area contributed by atoms with Gasteiger partial charge in [0.05, 0.1) is 0 Å². The van der Waals surface area contributed by atoms with Crippen LogP contribution in [0.25, 0.3) is 0 Å². The molecule has 10 heteroatoms. The Balaban J connectivity index is 0.000000269. The molecular formula is C42H40BF4NOP2Pd. The average molecular weight is 830 g/mol. The van der Waals surface area contributed by atoms with Crippen molar-refractivity contribution in [2.75, 3.05) is 17.2 Å². The van der Waals surface area contributed by atoms with E-state index in [1.807, 2.05) is 67.2 Å². The molecule has 0 spiro atoms.